The average molecular weight is 378 g/mol. The molecular formula is C22H22N2O4. The zero-order chi connectivity index (χ0) is 19.7. The standard InChI is InChI=1S/C22H22N2O4/c1-3-4-12-23-21(25)20-19(17-10-5-6-11-18(17)28-20)24(22(23)26)14-15-8-7-9-16(13-15)27-2/h5-11,13H,3-4,12,14H2,1-2H3. The predicted molar refractivity (Wildman–Crippen MR) is 109 cm³/mol. The third-order valence-electron chi connectivity index (χ3n) is 4.95. The van der Waals surface area contributed by atoms with E-state index in [-0.39, 0.29) is 16.8 Å². The van der Waals surface area contributed by atoms with Gasteiger partial charge in [0.1, 0.15) is 16.8 Å². The minimum Gasteiger partial charge on any atom is -0.497 e. The van der Waals surface area contributed by atoms with Crippen LogP contribution >= 0.6 is 0 Å². The van der Waals surface area contributed by atoms with Crippen molar-refractivity contribution in [3.8, 4) is 5.75 Å². The van der Waals surface area contributed by atoms with Crippen molar-refractivity contribution in [2.75, 3.05) is 7.11 Å². The Kier molecular flexibility index (Phi) is 4.77. The number of furan rings is 1. The fraction of sp³-hybridized carbons (Fsp3) is 0.273. The molecule has 0 saturated heterocycles. The molecule has 0 spiro atoms. The van der Waals surface area contributed by atoms with E-state index in [9.17, 15) is 9.59 Å². The van der Waals surface area contributed by atoms with Gasteiger partial charge in [-0.15, -0.1) is 0 Å². The van der Waals surface area contributed by atoms with Gasteiger partial charge in [-0.05, 0) is 36.2 Å². The highest BCUT2D eigenvalue weighted by Gasteiger charge is 2.19. The molecule has 4 rings (SSSR count). The molecule has 4 aromatic rings. The lowest BCUT2D eigenvalue weighted by Gasteiger charge is -2.12. The molecule has 2 heterocycles. The molecule has 0 saturated carbocycles. The molecule has 2 aromatic carbocycles. The molecule has 28 heavy (non-hydrogen) atoms. The number of fused-ring (bicyclic) bond motifs is 3. The van der Waals surface area contributed by atoms with Crippen LogP contribution in [0.1, 0.15) is 25.3 Å². The number of hydrogen-bond donors (Lipinski definition) is 0. The summed E-state index contributed by atoms with van der Waals surface area (Å²) in [5.41, 5.74) is 1.59. The van der Waals surface area contributed by atoms with Crippen molar-refractivity contribution in [1.82, 2.24) is 9.13 Å². The van der Waals surface area contributed by atoms with Crippen LogP contribution in [-0.4, -0.2) is 16.2 Å². The maximum absolute atomic E-state index is 13.3. The summed E-state index contributed by atoms with van der Waals surface area (Å²) in [4.78, 5) is 26.2. The van der Waals surface area contributed by atoms with Crippen LogP contribution in [0.3, 0.4) is 0 Å². The van der Waals surface area contributed by atoms with Crippen LogP contribution in [0.15, 0.2) is 62.5 Å². The van der Waals surface area contributed by atoms with Crippen LogP contribution in [0, 0.1) is 0 Å². The summed E-state index contributed by atoms with van der Waals surface area (Å²) in [6.07, 6.45) is 1.64. The molecule has 0 amide bonds. The zero-order valence-electron chi connectivity index (χ0n) is 16.0. The molecule has 0 radical (unpaired) electrons. The van der Waals surface area contributed by atoms with Gasteiger partial charge in [0, 0.05) is 11.9 Å². The number of aromatic nitrogens is 2. The summed E-state index contributed by atoms with van der Waals surface area (Å²) in [5.74, 6) is 0.721. The van der Waals surface area contributed by atoms with Crippen molar-refractivity contribution < 1.29 is 9.15 Å². The van der Waals surface area contributed by atoms with Crippen LogP contribution < -0.4 is 16.0 Å². The van der Waals surface area contributed by atoms with E-state index in [1.54, 1.807) is 11.7 Å². The number of unbranched alkanes of at least 4 members (excludes halogenated alkanes) is 1. The third-order valence-corrected chi connectivity index (χ3v) is 4.95. The van der Waals surface area contributed by atoms with Gasteiger partial charge >= 0.3 is 5.69 Å². The fourth-order valence-corrected chi connectivity index (χ4v) is 3.51. The summed E-state index contributed by atoms with van der Waals surface area (Å²) in [7, 11) is 1.61. The van der Waals surface area contributed by atoms with E-state index >= 15 is 0 Å². The Morgan fingerprint density at radius 2 is 1.86 bits per heavy atom. The van der Waals surface area contributed by atoms with Crippen molar-refractivity contribution in [2.24, 2.45) is 0 Å². The Morgan fingerprint density at radius 3 is 2.64 bits per heavy atom. The first kappa shape index (κ1) is 18.1. The predicted octanol–water partition coefficient (Wildman–Crippen LogP) is 3.77. The van der Waals surface area contributed by atoms with Crippen LogP contribution in [0.5, 0.6) is 5.75 Å². The smallest absolute Gasteiger partial charge is 0.331 e. The summed E-state index contributed by atoms with van der Waals surface area (Å²) < 4.78 is 14.1. The number of para-hydroxylation sites is 1. The second kappa shape index (κ2) is 7.38. The molecule has 0 aliphatic heterocycles. The molecule has 0 N–H and O–H groups in total. The normalized spacial score (nSPS) is 11.4. The maximum Gasteiger partial charge on any atom is 0.331 e. The number of rotatable bonds is 6. The highest BCUT2D eigenvalue weighted by Crippen LogP contribution is 2.26. The molecule has 0 aliphatic rings. The van der Waals surface area contributed by atoms with Crippen LogP contribution in [-0.2, 0) is 13.1 Å². The molecule has 0 atom stereocenters. The van der Waals surface area contributed by atoms with Crippen LogP contribution in [0.25, 0.3) is 22.1 Å². The second-order valence-corrected chi connectivity index (χ2v) is 6.81. The minimum absolute atomic E-state index is 0.222. The lowest BCUT2D eigenvalue weighted by atomic mass is 10.2. The van der Waals surface area contributed by atoms with Crippen molar-refractivity contribution in [1.29, 1.82) is 0 Å². The van der Waals surface area contributed by atoms with E-state index in [1.807, 2.05) is 55.5 Å². The Hall–Kier alpha value is -3.28. The molecule has 6 heteroatoms. The zero-order valence-corrected chi connectivity index (χ0v) is 16.0. The molecule has 0 unspecified atom stereocenters. The Labute approximate surface area is 161 Å². The van der Waals surface area contributed by atoms with Crippen molar-refractivity contribution in [2.45, 2.75) is 32.9 Å². The summed E-state index contributed by atoms with van der Waals surface area (Å²) >= 11 is 0. The van der Waals surface area contributed by atoms with Crippen molar-refractivity contribution >= 4 is 22.1 Å². The quantitative estimate of drug-likeness (QED) is 0.512. The molecule has 0 bridgehead atoms. The lowest BCUT2D eigenvalue weighted by Crippen LogP contribution is -2.40. The van der Waals surface area contributed by atoms with Gasteiger partial charge in [-0.3, -0.25) is 13.9 Å². The molecule has 0 fully saturated rings. The van der Waals surface area contributed by atoms with Crippen LogP contribution in [0.2, 0.25) is 0 Å². The van der Waals surface area contributed by atoms with Gasteiger partial charge in [-0.2, -0.15) is 0 Å². The maximum atomic E-state index is 13.3. The molecule has 2 aromatic heterocycles. The molecule has 0 aliphatic carbocycles. The summed E-state index contributed by atoms with van der Waals surface area (Å²) in [6.45, 7) is 2.72. The summed E-state index contributed by atoms with van der Waals surface area (Å²) in [6, 6.07) is 15.0. The third kappa shape index (κ3) is 3.01. The monoisotopic (exact) mass is 378 g/mol. The average Bonchev–Trinajstić information content (AvgIpc) is 3.11. The number of benzene rings is 2. The SMILES string of the molecule is CCCCn1c(=O)c2oc3ccccc3c2n(Cc2cccc(OC)c2)c1=O. The first-order chi connectivity index (χ1) is 13.6. The van der Waals surface area contributed by atoms with E-state index in [0.717, 1.165) is 29.5 Å². The van der Waals surface area contributed by atoms with E-state index < -0.39 is 0 Å². The molecular weight excluding hydrogens is 356 g/mol. The summed E-state index contributed by atoms with van der Waals surface area (Å²) in [5, 5.41) is 0.761. The Balaban J connectivity index is 2.01. The highest BCUT2D eigenvalue weighted by atomic mass is 16.5. The number of methoxy groups -OCH3 is 1. The fourth-order valence-electron chi connectivity index (χ4n) is 3.51. The second-order valence-electron chi connectivity index (χ2n) is 6.81. The van der Waals surface area contributed by atoms with Crippen molar-refractivity contribution in [3.63, 3.8) is 0 Å². The number of nitrogens with zero attached hydrogens (tertiary/aromatic N) is 2. The molecule has 144 valence electrons. The topological polar surface area (TPSA) is 66.4 Å². The minimum atomic E-state index is -0.369. The largest absolute Gasteiger partial charge is 0.497 e. The van der Waals surface area contributed by atoms with Gasteiger partial charge in [0.15, 0.2) is 0 Å². The van der Waals surface area contributed by atoms with Gasteiger partial charge in [-0.25, -0.2) is 4.79 Å². The lowest BCUT2D eigenvalue weighted by molar-refractivity contribution is 0.414. The van der Waals surface area contributed by atoms with Gasteiger partial charge in [-0.1, -0.05) is 37.6 Å². The number of ether oxygens (including phenoxy) is 1. The van der Waals surface area contributed by atoms with Gasteiger partial charge in [0.05, 0.1) is 13.7 Å². The Bertz CT molecular complexity index is 1260. The van der Waals surface area contributed by atoms with E-state index in [1.165, 1.54) is 4.57 Å². The first-order valence-corrected chi connectivity index (χ1v) is 9.42. The van der Waals surface area contributed by atoms with E-state index in [2.05, 4.69) is 0 Å². The first-order valence-electron chi connectivity index (χ1n) is 9.42. The van der Waals surface area contributed by atoms with Gasteiger partial charge in [0.25, 0.3) is 5.56 Å². The number of hydrogen-bond acceptors (Lipinski definition) is 4. The molecule has 6 nitrogen and oxygen atoms in total. The Morgan fingerprint density at radius 1 is 1.04 bits per heavy atom. The van der Waals surface area contributed by atoms with E-state index in [0.29, 0.717) is 24.2 Å². The van der Waals surface area contributed by atoms with E-state index in [4.69, 9.17) is 9.15 Å². The van der Waals surface area contributed by atoms with Gasteiger partial charge < -0.3 is 9.15 Å². The van der Waals surface area contributed by atoms with Gasteiger partial charge in [0.2, 0.25) is 5.58 Å². The van der Waals surface area contributed by atoms with Crippen molar-refractivity contribution in [3.05, 3.63) is 74.9 Å². The van der Waals surface area contributed by atoms with Crippen LogP contribution in [0.4, 0.5) is 0 Å². The highest BCUT2D eigenvalue weighted by molar-refractivity contribution is 6.02.